The summed E-state index contributed by atoms with van der Waals surface area (Å²) in [7, 11) is 1.46. The summed E-state index contributed by atoms with van der Waals surface area (Å²) in [4.78, 5) is 9.96. The number of rotatable bonds is 2. The molecular weight excluding hydrogens is 196 g/mol. The molecular formula is C7H9ClN2O3. The topological polar surface area (TPSA) is 78.4 Å². The predicted octanol–water partition coefficient (Wildman–Crippen LogP) is 0.975. The molecule has 0 spiro atoms. The third-order valence-electron chi connectivity index (χ3n) is 1.86. The first kappa shape index (κ1) is 10.0. The normalized spacial score (nSPS) is 27.6. The maximum Gasteiger partial charge on any atom is 0.312 e. The molecule has 2 N–H and O–H groups in total. The van der Waals surface area contributed by atoms with Crippen LogP contribution in [-0.2, 0) is 4.74 Å². The first-order chi connectivity index (χ1) is 6.00. The Hall–Kier alpha value is -1.07. The molecule has 5 nitrogen and oxygen atoms in total. The van der Waals surface area contributed by atoms with Crippen molar-refractivity contribution >= 4 is 11.6 Å². The number of nitrogens with zero attached hydrogens (tertiary/aromatic N) is 1. The van der Waals surface area contributed by atoms with Crippen LogP contribution in [0.1, 0.15) is 6.42 Å². The third kappa shape index (κ3) is 1.66. The molecule has 72 valence electrons. The molecule has 0 fully saturated rings. The minimum atomic E-state index is -1.69. The zero-order valence-electron chi connectivity index (χ0n) is 6.99. The van der Waals surface area contributed by atoms with E-state index in [9.17, 15) is 10.1 Å². The van der Waals surface area contributed by atoms with Gasteiger partial charge in [0.25, 0.3) is 0 Å². The smallest absolute Gasteiger partial charge is 0.312 e. The highest BCUT2D eigenvalue weighted by Gasteiger charge is 2.43. The molecule has 1 aliphatic carbocycles. The first-order valence-electron chi connectivity index (χ1n) is 3.56. The van der Waals surface area contributed by atoms with Gasteiger partial charge in [-0.25, -0.2) is 0 Å². The van der Waals surface area contributed by atoms with Crippen LogP contribution in [-0.4, -0.2) is 17.7 Å². The Morgan fingerprint density at radius 2 is 2.46 bits per heavy atom. The number of nitrogens with two attached hydrogens (primary N) is 1. The fourth-order valence-corrected chi connectivity index (χ4v) is 1.22. The summed E-state index contributed by atoms with van der Waals surface area (Å²) in [6.45, 7) is 0. The fourth-order valence-electron chi connectivity index (χ4n) is 0.966. The van der Waals surface area contributed by atoms with Crippen molar-refractivity contribution in [3.63, 3.8) is 0 Å². The van der Waals surface area contributed by atoms with Gasteiger partial charge in [-0.15, -0.1) is 0 Å². The molecule has 0 amide bonds. The van der Waals surface area contributed by atoms with Gasteiger partial charge in [-0.05, 0) is 6.08 Å². The van der Waals surface area contributed by atoms with Crippen molar-refractivity contribution in [3.8, 4) is 0 Å². The number of nitro groups is 1. The van der Waals surface area contributed by atoms with E-state index in [1.54, 1.807) is 0 Å². The van der Waals surface area contributed by atoms with Gasteiger partial charge >= 0.3 is 5.66 Å². The molecule has 0 bridgehead atoms. The summed E-state index contributed by atoms with van der Waals surface area (Å²) in [5.74, 6) is 0.493. The Labute approximate surface area is 80.0 Å². The van der Waals surface area contributed by atoms with Crippen molar-refractivity contribution < 1.29 is 9.66 Å². The average molecular weight is 205 g/mol. The Balaban J connectivity index is 2.96. The highest BCUT2D eigenvalue weighted by molar-refractivity contribution is 6.30. The molecule has 0 aromatic rings. The summed E-state index contributed by atoms with van der Waals surface area (Å²) >= 11 is 5.67. The van der Waals surface area contributed by atoms with E-state index < -0.39 is 10.6 Å². The van der Waals surface area contributed by atoms with E-state index >= 15 is 0 Å². The molecule has 13 heavy (non-hydrogen) atoms. The fraction of sp³-hybridized carbons (Fsp3) is 0.429. The molecule has 0 saturated heterocycles. The average Bonchev–Trinajstić information content (AvgIpc) is 2.09. The molecule has 1 atom stereocenters. The van der Waals surface area contributed by atoms with Crippen molar-refractivity contribution in [2.75, 3.05) is 7.11 Å². The molecule has 0 radical (unpaired) electrons. The lowest BCUT2D eigenvalue weighted by atomic mass is 10.0. The van der Waals surface area contributed by atoms with Gasteiger partial charge in [-0.2, -0.15) is 0 Å². The summed E-state index contributed by atoms with van der Waals surface area (Å²) in [6, 6.07) is 0. The number of halogens is 1. The van der Waals surface area contributed by atoms with E-state index in [0.29, 0.717) is 5.76 Å². The van der Waals surface area contributed by atoms with Crippen LogP contribution >= 0.6 is 11.6 Å². The Morgan fingerprint density at radius 1 is 1.85 bits per heavy atom. The molecule has 0 saturated carbocycles. The van der Waals surface area contributed by atoms with Crippen LogP contribution in [0.15, 0.2) is 22.9 Å². The van der Waals surface area contributed by atoms with Crippen molar-refractivity contribution in [2.45, 2.75) is 12.1 Å². The van der Waals surface area contributed by atoms with Gasteiger partial charge in [0.05, 0.1) is 13.5 Å². The largest absolute Gasteiger partial charge is 0.497 e. The van der Waals surface area contributed by atoms with Gasteiger partial charge in [-0.1, -0.05) is 11.6 Å². The Morgan fingerprint density at radius 3 is 2.85 bits per heavy atom. The standard InChI is InChI=1S/C7H9ClN2O3/c1-13-5-2-3-7(9,10(11)12)6(8)4-5/h2,4H,3,9H2,1H3. The molecule has 1 unspecified atom stereocenters. The predicted molar refractivity (Wildman–Crippen MR) is 47.6 cm³/mol. The zero-order chi connectivity index (χ0) is 10.1. The highest BCUT2D eigenvalue weighted by Crippen LogP contribution is 2.29. The highest BCUT2D eigenvalue weighted by atomic mass is 35.5. The summed E-state index contributed by atoms with van der Waals surface area (Å²) in [5, 5.41) is 10.5. The zero-order valence-corrected chi connectivity index (χ0v) is 7.75. The minimum absolute atomic E-state index is 0.0168. The minimum Gasteiger partial charge on any atom is -0.497 e. The Kier molecular flexibility index (Phi) is 2.58. The molecule has 1 aliphatic rings. The summed E-state index contributed by atoms with van der Waals surface area (Å²) in [6.07, 6.45) is 2.93. The second-order valence-electron chi connectivity index (χ2n) is 2.69. The van der Waals surface area contributed by atoms with Crippen molar-refractivity contribution in [1.29, 1.82) is 0 Å². The van der Waals surface area contributed by atoms with Crippen LogP contribution in [0, 0.1) is 10.1 Å². The van der Waals surface area contributed by atoms with Crippen LogP contribution < -0.4 is 5.73 Å². The molecule has 0 aromatic heterocycles. The molecule has 0 aliphatic heterocycles. The van der Waals surface area contributed by atoms with Crippen molar-refractivity contribution in [3.05, 3.63) is 33.1 Å². The second-order valence-corrected chi connectivity index (χ2v) is 3.10. The van der Waals surface area contributed by atoms with Gasteiger partial charge in [-0.3, -0.25) is 15.8 Å². The molecule has 0 aromatic carbocycles. The number of ether oxygens (including phenoxy) is 1. The lowest BCUT2D eigenvalue weighted by Crippen LogP contribution is -2.48. The first-order valence-corrected chi connectivity index (χ1v) is 3.93. The van der Waals surface area contributed by atoms with Crippen LogP contribution in [0.5, 0.6) is 0 Å². The van der Waals surface area contributed by atoms with Crippen LogP contribution in [0.4, 0.5) is 0 Å². The quantitative estimate of drug-likeness (QED) is 0.413. The lowest BCUT2D eigenvalue weighted by Gasteiger charge is -2.21. The third-order valence-corrected chi connectivity index (χ3v) is 2.29. The number of methoxy groups -OCH3 is 1. The van der Waals surface area contributed by atoms with E-state index in [4.69, 9.17) is 22.1 Å². The van der Waals surface area contributed by atoms with E-state index in [0.717, 1.165) is 0 Å². The maximum absolute atomic E-state index is 10.6. The maximum atomic E-state index is 10.6. The van der Waals surface area contributed by atoms with E-state index in [-0.39, 0.29) is 11.5 Å². The number of hydrogen-bond acceptors (Lipinski definition) is 4. The van der Waals surface area contributed by atoms with E-state index in [2.05, 4.69) is 0 Å². The molecule has 6 heteroatoms. The molecule has 0 heterocycles. The monoisotopic (exact) mass is 204 g/mol. The van der Waals surface area contributed by atoms with Gasteiger partial charge in [0.2, 0.25) is 0 Å². The van der Waals surface area contributed by atoms with Gasteiger partial charge in [0.1, 0.15) is 10.8 Å². The van der Waals surface area contributed by atoms with Gasteiger partial charge in [0.15, 0.2) is 0 Å². The van der Waals surface area contributed by atoms with Gasteiger partial charge < -0.3 is 4.74 Å². The Bertz CT molecular complexity index is 300. The van der Waals surface area contributed by atoms with Gasteiger partial charge in [0, 0.05) is 11.0 Å². The van der Waals surface area contributed by atoms with E-state index in [1.165, 1.54) is 19.3 Å². The lowest BCUT2D eigenvalue weighted by molar-refractivity contribution is -0.555. The van der Waals surface area contributed by atoms with Crippen molar-refractivity contribution in [2.24, 2.45) is 5.73 Å². The van der Waals surface area contributed by atoms with Crippen LogP contribution in [0.2, 0.25) is 0 Å². The number of allylic oxidation sites excluding steroid dienone is 1. The number of hydrogen-bond donors (Lipinski definition) is 1. The summed E-state index contributed by atoms with van der Waals surface area (Å²) in [5.41, 5.74) is 3.77. The summed E-state index contributed by atoms with van der Waals surface area (Å²) < 4.78 is 4.86. The second kappa shape index (κ2) is 3.35. The van der Waals surface area contributed by atoms with Crippen LogP contribution in [0.3, 0.4) is 0 Å². The SMILES string of the molecule is COC1=CCC(N)([N+](=O)[O-])C(Cl)=C1. The van der Waals surface area contributed by atoms with Crippen molar-refractivity contribution in [1.82, 2.24) is 0 Å². The van der Waals surface area contributed by atoms with E-state index in [1.807, 2.05) is 0 Å². The van der Waals surface area contributed by atoms with Crippen LogP contribution in [0.25, 0.3) is 0 Å². The molecule has 1 rings (SSSR count).